The van der Waals surface area contributed by atoms with E-state index in [0.29, 0.717) is 28.9 Å². The lowest BCUT2D eigenvalue weighted by atomic mass is 10.2. The van der Waals surface area contributed by atoms with E-state index >= 15 is 0 Å². The second kappa shape index (κ2) is 6.61. The van der Waals surface area contributed by atoms with Gasteiger partial charge < -0.3 is 15.2 Å². The van der Waals surface area contributed by atoms with Crippen LogP contribution in [0.25, 0.3) is 0 Å². The quantitative estimate of drug-likeness (QED) is 0.671. The van der Waals surface area contributed by atoms with Crippen LogP contribution in [0.5, 0.6) is 0 Å². The van der Waals surface area contributed by atoms with Crippen LogP contribution in [0.1, 0.15) is 24.2 Å². The summed E-state index contributed by atoms with van der Waals surface area (Å²) in [6, 6.07) is 5.02. The summed E-state index contributed by atoms with van der Waals surface area (Å²) in [7, 11) is 0. The molecule has 1 aromatic rings. The van der Waals surface area contributed by atoms with Crippen molar-refractivity contribution in [3.63, 3.8) is 0 Å². The second-order valence-electron chi connectivity index (χ2n) is 3.61. The lowest BCUT2D eigenvalue weighted by Gasteiger charge is -2.13. The van der Waals surface area contributed by atoms with E-state index in [9.17, 15) is 4.79 Å². The first-order valence-electron chi connectivity index (χ1n) is 5.38. The summed E-state index contributed by atoms with van der Waals surface area (Å²) >= 11 is 3.29. The molecule has 0 aliphatic rings. The highest BCUT2D eigenvalue weighted by molar-refractivity contribution is 9.10. The van der Waals surface area contributed by atoms with Crippen molar-refractivity contribution in [1.29, 1.82) is 0 Å². The molecule has 0 saturated carbocycles. The topological polar surface area (TPSA) is 61.5 Å². The third kappa shape index (κ3) is 4.36. The highest BCUT2D eigenvalue weighted by Crippen LogP contribution is 2.20. The van der Waals surface area contributed by atoms with Gasteiger partial charge in [0.05, 0.1) is 12.2 Å². The van der Waals surface area contributed by atoms with Crippen LogP contribution in [0.15, 0.2) is 22.7 Å². The Hall–Kier alpha value is -1.07. The van der Waals surface area contributed by atoms with Gasteiger partial charge in [0.1, 0.15) is 6.10 Å². The lowest BCUT2D eigenvalue weighted by molar-refractivity contribution is 0.00432. The van der Waals surface area contributed by atoms with Crippen LogP contribution in [0.3, 0.4) is 0 Å². The molecule has 0 aromatic heterocycles. The van der Waals surface area contributed by atoms with Gasteiger partial charge in [-0.2, -0.15) is 0 Å². The molecule has 1 aromatic carbocycles. The third-order valence-electron chi connectivity index (χ3n) is 2.08. The third-order valence-corrected chi connectivity index (χ3v) is 2.77. The van der Waals surface area contributed by atoms with Crippen LogP contribution in [0.4, 0.5) is 5.69 Å². The van der Waals surface area contributed by atoms with Crippen molar-refractivity contribution in [3.8, 4) is 0 Å². The fourth-order valence-corrected chi connectivity index (χ4v) is 1.67. The van der Waals surface area contributed by atoms with E-state index in [1.54, 1.807) is 25.1 Å². The number of esters is 1. The van der Waals surface area contributed by atoms with E-state index in [4.69, 9.17) is 15.2 Å². The Morgan fingerprint density at radius 1 is 1.53 bits per heavy atom. The van der Waals surface area contributed by atoms with Crippen molar-refractivity contribution in [1.82, 2.24) is 0 Å². The number of nitrogens with two attached hydrogens (primary N) is 1. The average Bonchev–Trinajstić information content (AvgIpc) is 2.29. The molecule has 5 heteroatoms. The zero-order valence-corrected chi connectivity index (χ0v) is 11.5. The van der Waals surface area contributed by atoms with Crippen molar-refractivity contribution in [2.24, 2.45) is 0 Å². The zero-order chi connectivity index (χ0) is 12.8. The summed E-state index contributed by atoms with van der Waals surface area (Å²) < 4.78 is 11.1. The van der Waals surface area contributed by atoms with Gasteiger partial charge in [0.15, 0.2) is 0 Å². The molecule has 0 bridgehead atoms. The molecular weight excluding hydrogens is 286 g/mol. The smallest absolute Gasteiger partial charge is 0.339 e. The molecule has 4 nitrogen and oxygen atoms in total. The molecule has 0 aliphatic carbocycles. The molecular formula is C12H16BrNO3. The monoisotopic (exact) mass is 301 g/mol. The van der Waals surface area contributed by atoms with Crippen LogP contribution in [-0.4, -0.2) is 25.3 Å². The number of hydrogen-bond acceptors (Lipinski definition) is 4. The van der Waals surface area contributed by atoms with Gasteiger partial charge in [-0.25, -0.2) is 4.79 Å². The predicted molar refractivity (Wildman–Crippen MR) is 69.9 cm³/mol. The van der Waals surface area contributed by atoms with Gasteiger partial charge in [-0.3, -0.25) is 0 Å². The van der Waals surface area contributed by atoms with Gasteiger partial charge in [-0.15, -0.1) is 0 Å². The first kappa shape index (κ1) is 14.0. The van der Waals surface area contributed by atoms with Crippen LogP contribution in [0.2, 0.25) is 0 Å². The van der Waals surface area contributed by atoms with Crippen LogP contribution in [-0.2, 0) is 9.47 Å². The Kier molecular flexibility index (Phi) is 5.44. The minimum atomic E-state index is -0.406. The number of carbonyl (C=O) groups excluding carboxylic acids is 1. The molecule has 1 atom stereocenters. The summed E-state index contributed by atoms with van der Waals surface area (Å²) in [5.74, 6) is -0.406. The summed E-state index contributed by atoms with van der Waals surface area (Å²) in [6.45, 7) is 4.67. The SMILES string of the molecule is CCOCC(C)OC(=O)c1cc(N)ccc1Br. The van der Waals surface area contributed by atoms with Crippen molar-refractivity contribution in [2.45, 2.75) is 20.0 Å². The number of halogens is 1. The van der Waals surface area contributed by atoms with E-state index in [-0.39, 0.29) is 6.10 Å². The minimum absolute atomic E-state index is 0.282. The Labute approximate surface area is 109 Å². The van der Waals surface area contributed by atoms with Gasteiger partial charge >= 0.3 is 5.97 Å². The number of rotatable bonds is 5. The second-order valence-corrected chi connectivity index (χ2v) is 4.47. The molecule has 0 saturated heterocycles. The summed E-state index contributed by atoms with van der Waals surface area (Å²) in [6.07, 6.45) is -0.282. The standard InChI is InChI=1S/C12H16BrNO3/c1-3-16-7-8(2)17-12(15)10-6-9(14)4-5-11(10)13/h4-6,8H,3,7,14H2,1-2H3. The maximum Gasteiger partial charge on any atom is 0.339 e. The lowest BCUT2D eigenvalue weighted by Crippen LogP contribution is -2.20. The number of nitrogen functional groups attached to an aromatic ring is 1. The number of benzene rings is 1. The number of anilines is 1. The number of hydrogen-bond donors (Lipinski definition) is 1. The van der Waals surface area contributed by atoms with Crippen LogP contribution < -0.4 is 5.73 Å². The van der Waals surface area contributed by atoms with Crippen molar-refractivity contribution in [3.05, 3.63) is 28.2 Å². The van der Waals surface area contributed by atoms with Gasteiger partial charge in [0.2, 0.25) is 0 Å². The van der Waals surface area contributed by atoms with Crippen molar-refractivity contribution in [2.75, 3.05) is 18.9 Å². The van der Waals surface area contributed by atoms with E-state index in [1.165, 1.54) is 0 Å². The molecule has 1 unspecified atom stereocenters. The molecule has 0 heterocycles. The Balaban J connectivity index is 2.66. The molecule has 94 valence electrons. The highest BCUT2D eigenvalue weighted by Gasteiger charge is 2.15. The molecule has 2 N–H and O–H groups in total. The molecule has 0 amide bonds. The van der Waals surface area contributed by atoms with Gasteiger partial charge in [-0.1, -0.05) is 0 Å². The van der Waals surface area contributed by atoms with Crippen LogP contribution in [0, 0.1) is 0 Å². The predicted octanol–water partition coefficient (Wildman–Crippen LogP) is 2.61. The fourth-order valence-electron chi connectivity index (χ4n) is 1.26. The van der Waals surface area contributed by atoms with Gasteiger partial charge in [0.25, 0.3) is 0 Å². The molecule has 0 spiro atoms. The zero-order valence-electron chi connectivity index (χ0n) is 9.90. The fraction of sp³-hybridized carbons (Fsp3) is 0.417. The normalized spacial score (nSPS) is 12.2. The first-order valence-corrected chi connectivity index (χ1v) is 6.17. The van der Waals surface area contributed by atoms with Gasteiger partial charge in [-0.05, 0) is 48.0 Å². The minimum Gasteiger partial charge on any atom is -0.457 e. The molecule has 17 heavy (non-hydrogen) atoms. The largest absolute Gasteiger partial charge is 0.457 e. The maximum absolute atomic E-state index is 11.8. The maximum atomic E-state index is 11.8. The average molecular weight is 302 g/mol. The van der Waals surface area contributed by atoms with Gasteiger partial charge in [0, 0.05) is 16.8 Å². The number of ether oxygens (including phenoxy) is 2. The highest BCUT2D eigenvalue weighted by atomic mass is 79.9. The van der Waals surface area contributed by atoms with Crippen LogP contribution >= 0.6 is 15.9 Å². The molecule has 1 rings (SSSR count). The van der Waals surface area contributed by atoms with E-state index in [2.05, 4.69) is 15.9 Å². The van der Waals surface area contributed by atoms with E-state index in [0.717, 1.165) is 0 Å². The first-order chi connectivity index (χ1) is 8.04. The molecule has 0 aliphatic heterocycles. The Morgan fingerprint density at radius 3 is 2.88 bits per heavy atom. The summed E-state index contributed by atoms with van der Waals surface area (Å²) in [4.78, 5) is 11.8. The number of carbonyl (C=O) groups is 1. The molecule has 0 fully saturated rings. The summed E-state index contributed by atoms with van der Waals surface area (Å²) in [5.41, 5.74) is 6.57. The summed E-state index contributed by atoms with van der Waals surface area (Å²) in [5, 5.41) is 0. The van der Waals surface area contributed by atoms with E-state index < -0.39 is 5.97 Å². The Bertz CT molecular complexity index is 395. The van der Waals surface area contributed by atoms with Crippen molar-refractivity contribution < 1.29 is 14.3 Å². The van der Waals surface area contributed by atoms with E-state index in [1.807, 2.05) is 6.92 Å². The van der Waals surface area contributed by atoms with Crippen molar-refractivity contribution >= 4 is 27.6 Å². The molecule has 0 radical (unpaired) electrons. The Morgan fingerprint density at radius 2 is 2.24 bits per heavy atom.